The summed E-state index contributed by atoms with van der Waals surface area (Å²) in [6, 6.07) is 7.82. The van der Waals surface area contributed by atoms with Gasteiger partial charge in [-0.05, 0) is 34.1 Å². The van der Waals surface area contributed by atoms with E-state index < -0.39 is 0 Å². The van der Waals surface area contributed by atoms with Crippen LogP contribution in [0, 0.1) is 0 Å². The van der Waals surface area contributed by atoms with Crippen LogP contribution in [0.5, 0.6) is 0 Å². The number of hydrogen-bond donors (Lipinski definition) is 1. The third-order valence-electron chi connectivity index (χ3n) is 3.11. The van der Waals surface area contributed by atoms with E-state index in [0.29, 0.717) is 11.6 Å². The molecule has 0 atom stereocenters. The summed E-state index contributed by atoms with van der Waals surface area (Å²) < 4.78 is 11.6. The Morgan fingerprint density at radius 2 is 2.00 bits per heavy atom. The van der Waals surface area contributed by atoms with Crippen LogP contribution in [0.2, 0.25) is 0 Å². The van der Waals surface area contributed by atoms with Crippen molar-refractivity contribution in [1.29, 1.82) is 0 Å². The lowest BCUT2D eigenvalue weighted by Crippen LogP contribution is -2.36. The Balaban J connectivity index is 1.89. The Kier molecular flexibility index (Phi) is 3.44. The first kappa shape index (κ1) is 12.5. The summed E-state index contributed by atoms with van der Waals surface area (Å²) >= 11 is 3.61. The van der Waals surface area contributed by atoms with Crippen LogP contribution in [0.4, 0.5) is 11.5 Å². The summed E-state index contributed by atoms with van der Waals surface area (Å²) in [6.45, 7) is 3.36. The van der Waals surface area contributed by atoms with Crippen LogP contribution in [-0.2, 0) is 4.74 Å². The van der Waals surface area contributed by atoms with Crippen LogP contribution in [0.25, 0.3) is 11.3 Å². The maximum Gasteiger partial charge on any atom is 0.169 e. The third kappa shape index (κ3) is 2.59. The van der Waals surface area contributed by atoms with Gasteiger partial charge in [-0.2, -0.15) is 0 Å². The van der Waals surface area contributed by atoms with Crippen molar-refractivity contribution in [3.63, 3.8) is 0 Å². The molecule has 0 unspecified atom stereocenters. The molecule has 2 heterocycles. The first-order valence-electron chi connectivity index (χ1n) is 6.09. The molecule has 6 heteroatoms. The summed E-state index contributed by atoms with van der Waals surface area (Å²) in [5.74, 6) is 1.06. The maximum absolute atomic E-state index is 5.56. The number of anilines is 2. The van der Waals surface area contributed by atoms with Gasteiger partial charge in [0.25, 0.3) is 0 Å². The summed E-state index contributed by atoms with van der Waals surface area (Å²) in [7, 11) is 0. The molecule has 0 saturated carbocycles. The highest BCUT2D eigenvalue weighted by atomic mass is 79.9. The van der Waals surface area contributed by atoms with Crippen molar-refractivity contribution in [2.24, 2.45) is 0 Å². The lowest BCUT2D eigenvalue weighted by atomic mass is 10.1. The quantitative estimate of drug-likeness (QED) is 0.920. The van der Waals surface area contributed by atoms with Crippen LogP contribution in [-0.4, -0.2) is 31.5 Å². The molecule has 1 aromatic carbocycles. The average molecular weight is 324 g/mol. The number of benzene rings is 1. The second-order valence-corrected chi connectivity index (χ2v) is 5.24. The molecule has 0 radical (unpaired) electrons. The van der Waals surface area contributed by atoms with E-state index in [4.69, 9.17) is 15.0 Å². The molecule has 2 N–H and O–H groups in total. The molecule has 5 nitrogen and oxygen atoms in total. The zero-order valence-electron chi connectivity index (χ0n) is 10.3. The molecular formula is C13H14BrN3O2. The Hall–Kier alpha value is -1.53. The fraction of sp³-hybridized carbons (Fsp3) is 0.308. The molecule has 0 spiro atoms. The van der Waals surface area contributed by atoms with E-state index in [-0.39, 0.29) is 0 Å². The summed E-state index contributed by atoms with van der Waals surface area (Å²) in [5, 5.41) is 3.70. The molecule has 0 bridgehead atoms. The molecule has 2 aromatic rings. The van der Waals surface area contributed by atoms with E-state index in [9.17, 15) is 0 Å². The Morgan fingerprint density at radius 1 is 1.21 bits per heavy atom. The summed E-state index contributed by atoms with van der Waals surface area (Å²) in [6.07, 6.45) is 0. The van der Waals surface area contributed by atoms with Gasteiger partial charge in [0.1, 0.15) is 0 Å². The second-order valence-electron chi connectivity index (χ2n) is 4.38. The fourth-order valence-corrected chi connectivity index (χ4v) is 2.78. The van der Waals surface area contributed by atoms with Crippen LogP contribution in [0.3, 0.4) is 0 Å². The fourth-order valence-electron chi connectivity index (χ4n) is 2.15. The predicted molar refractivity (Wildman–Crippen MR) is 77.1 cm³/mol. The zero-order chi connectivity index (χ0) is 13.2. The molecule has 1 aliphatic heterocycles. The van der Waals surface area contributed by atoms with E-state index in [1.807, 2.05) is 12.1 Å². The van der Waals surface area contributed by atoms with Crippen LogP contribution >= 0.6 is 15.9 Å². The average Bonchev–Trinajstić information content (AvgIpc) is 2.86. The van der Waals surface area contributed by atoms with Crippen LogP contribution < -0.4 is 10.6 Å². The van der Waals surface area contributed by atoms with Crippen molar-refractivity contribution in [3.05, 3.63) is 28.7 Å². The van der Waals surface area contributed by atoms with Crippen molar-refractivity contribution in [2.75, 3.05) is 36.9 Å². The minimum absolute atomic E-state index is 0.392. The number of morpholine rings is 1. The molecule has 1 fully saturated rings. The van der Waals surface area contributed by atoms with Crippen molar-refractivity contribution >= 4 is 27.4 Å². The number of ether oxygens (including phenoxy) is 1. The SMILES string of the molecule is Nc1cc(-c2ccc(N3CCOCC3)c(Br)c2)on1. The summed E-state index contributed by atoms with van der Waals surface area (Å²) in [5.41, 5.74) is 7.68. The van der Waals surface area contributed by atoms with Gasteiger partial charge in [0.05, 0.1) is 18.9 Å². The van der Waals surface area contributed by atoms with E-state index in [0.717, 1.165) is 36.3 Å². The van der Waals surface area contributed by atoms with Crippen molar-refractivity contribution < 1.29 is 9.26 Å². The number of rotatable bonds is 2. The number of nitrogens with zero attached hydrogens (tertiary/aromatic N) is 2. The predicted octanol–water partition coefficient (Wildman–Crippen LogP) is 2.52. The largest absolute Gasteiger partial charge is 0.381 e. The van der Waals surface area contributed by atoms with Gasteiger partial charge in [-0.25, -0.2) is 0 Å². The molecule has 0 aliphatic carbocycles. The Bertz CT molecular complexity index is 579. The number of aromatic nitrogens is 1. The molecule has 19 heavy (non-hydrogen) atoms. The first-order chi connectivity index (χ1) is 9.24. The van der Waals surface area contributed by atoms with E-state index >= 15 is 0 Å². The summed E-state index contributed by atoms with van der Waals surface area (Å²) in [4.78, 5) is 2.30. The van der Waals surface area contributed by atoms with Gasteiger partial charge in [0, 0.05) is 29.2 Å². The maximum atomic E-state index is 5.56. The van der Waals surface area contributed by atoms with Gasteiger partial charge in [0.2, 0.25) is 0 Å². The highest BCUT2D eigenvalue weighted by Gasteiger charge is 2.15. The molecular weight excluding hydrogens is 310 g/mol. The molecule has 1 saturated heterocycles. The molecule has 1 aliphatic rings. The lowest BCUT2D eigenvalue weighted by molar-refractivity contribution is 0.122. The normalized spacial score (nSPS) is 15.7. The van der Waals surface area contributed by atoms with Gasteiger partial charge >= 0.3 is 0 Å². The minimum Gasteiger partial charge on any atom is -0.381 e. The Morgan fingerprint density at radius 3 is 2.63 bits per heavy atom. The molecule has 1 aromatic heterocycles. The van der Waals surface area contributed by atoms with Crippen molar-refractivity contribution in [1.82, 2.24) is 5.16 Å². The topological polar surface area (TPSA) is 64.5 Å². The van der Waals surface area contributed by atoms with Crippen LogP contribution in [0.15, 0.2) is 33.3 Å². The van der Waals surface area contributed by atoms with Gasteiger partial charge in [0.15, 0.2) is 11.6 Å². The van der Waals surface area contributed by atoms with Crippen molar-refractivity contribution in [3.8, 4) is 11.3 Å². The lowest BCUT2D eigenvalue weighted by Gasteiger charge is -2.29. The van der Waals surface area contributed by atoms with Gasteiger partial charge in [-0.1, -0.05) is 5.16 Å². The minimum atomic E-state index is 0.392. The zero-order valence-corrected chi connectivity index (χ0v) is 11.9. The second kappa shape index (κ2) is 5.22. The molecule has 3 rings (SSSR count). The molecule has 100 valence electrons. The van der Waals surface area contributed by atoms with E-state index in [1.54, 1.807) is 6.07 Å². The standard InChI is InChI=1S/C13H14BrN3O2/c14-10-7-9(12-8-13(15)16-19-12)1-2-11(10)17-3-5-18-6-4-17/h1-2,7-8H,3-6H2,(H2,15,16). The van der Waals surface area contributed by atoms with Gasteiger partial charge in [-0.3, -0.25) is 0 Å². The molecule has 0 amide bonds. The van der Waals surface area contributed by atoms with E-state index in [2.05, 4.69) is 32.1 Å². The van der Waals surface area contributed by atoms with Gasteiger partial charge < -0.3 is 19.9 Å². The Labute approximate surface area is 119 Å². The van der Waals surface area contributed by atoms with Gasteiger partial charge in [-0.15, -0.1) is 0 Å². The number of nitrogen functional groups attached to an aromatic ring is 1. The highest BCUT2D eigenvalue weighted by molar-refractivity contribution is 9.10. The third-order valence-corrected chi connectivity index (χ3v) is 3.75. The smallest absolute Gasteiger partial charge is 0.169 e. The van der Waals surface area contributed by atoms with Crippen LogP contribution in [0.1, 0.15) is 0 Å². The highest BCUT2D eigenvalue weighted by Crippen LogP contribution is 2.32. The monoisotopic (exact) mass is 323 g/mol. The first-order valence-corrected chi connectivity index (χ1v) is 6.88. The number of nitrogens with two attached hydrogens (primary N) is 1. The van der Waals surface area contributed by atoms with E-state index in [1.165, 1.54) is 5.69 Å². The number of hydrogen-bond acceptors (Lipinski definition) is 5. The number of halogens is 1. The van der Waals surface area contributed by atoms with Crippen molar-refractivity contribution in [2.45, 2.75) is 0 Å².